The third kappa shape index (κ3) is 5.59. The fraction of sp³-hybridized carbons (Fsp3) is 0.800. The Morgan fingerprint density at radius 2 is 2.38 bits per heavy atom. The van der Waals surface area contributed by atoms with Gasteiger partial charge < -0.3 is 4.84 Å². The maximum absolute atomic E-state index is 10.2. The van der Waals surface area contributed by atoms with Gasteiger partial charge in [-0.1, -0.05) is 0 Å². The number of carbonyl (C=O) groups excluding carboxylic acids is 1. The van der Waals surface area contributed by atoms with Gasteiger partial charge in [-0.25, -0.2) is 0 Å². The number of ketones is 1. The summed E-state index contributed by atoms with van der Waals surface area (Å²) in [4.78, 5) is 14.8. The van der Waals surface area contributed by atoms with Crippen LogP contribution in [0.4, 0.5) is 0 Å². The zero-order valence-corrected chi connectivity index (χ0v) is 5.23. The van der Waals surface area contributed by atoms with Crippen LogP contribution < -0.4 is 5.48 Å². The number of carbonyl (C=O) groups is 1. The maximum Gasteiger partial charge on any atom is 0.145 e. The molecule has 0 fully saturated rings. The van der Waals surface area contributed by atoms with E-state index in [0.717, 1.165) is 0 Å². The summed E-state index contributed by atoms with van der Waals surface area (Å²) in [6, 6.07) is 0. The van der Waals surface area contributed by atoms with Crippen molar-refractivity contribution >= 4 is 5.78 Å². The molecule has 48 valence electrons. The first-order chi connectivity index (χ1) is 3.77. The second kappa shape index (κ2) is 4.74. The van der Waals surface area contributed by atoms with Crippen LogP contribution in [0.3, 0.4) is 0 Å². The van der Waals surface area contributed by atoms with E-state index in [2.05, 4.69) is 10.3 Å². The van der Waals surface area contributed by atoms with Crippen LogP contribution in [0.2, 0.25) is 0 Å². The smallest absolute Gasteiger partial charge is 0.145 e. The molecule has 0 rings (SSSR count). The van der Waals surface area contributed by atoms with Crippen molar-refractivity contribution in [3.63, 3.8) is 0 Å². The molecule has 0 aromatic carbocycles. The van der Waals surface area contributed by atoms with Crippen molar-refractivity contribution < 1.29 is 9.63 Å². The van der Waals surface area contributed by atoms with Gasteiger partial charge in [0.2, 0.25) is 0 Å². The molecule has 0 bridgehead atoms. The number of hydrogen-bond donors (Lipinski definition) is 1. The molecule has 0 atom stereocenters. The van der Waals surface area contributed by atoms with Crippen molar-refractivity contribution in [2.75, 3.05) is 13.2 Å². The van der Waals surface area contributed by atoms with Gasteiger partial charge in [-0.3, -0.25) is 4.79 Å². The van der Waals surface area contributed by atoms with Crippen molar-refractivity contribution in [3.8, 4) is 0 Å². The minimum absolute atomic E-state index is 0.0819. The molecule has 0 aliphatic carbocycles. The topological polar surface area (TPSA) is 38.3 Å². The Bertz CT molecular complexity index is 72.8. The van der Waals surface area contributed by atoms with E-state index in [1.54, 1.807) is 0 Å². The average molecular weight is 117 g/mol. The number of Topliss-reactive ketones (excluding diaryl/α,β-unsaturated/α-hetero) is 1. The molecule has 0 aliphatic heterocycles. The third-order valence-corrected chi connectivity index (χ3v) is 0.568. The summed E-state index contributed by atoms with van der Waals surface area (Å²) < 4.78 is 0. The predicted molar refractivity (Wildman–Crippen MR) is 30.3 cm³/mol. The second-order valence-electron chi connectivity index (χ2n) is 1.46. The van der Waals surface area contributed by atoms with Crippen molar-refractivity contribution in [1.29, 1.82) is 0 Å². The Hall–Kier alpha value is -0.410. The molecular weight excluding hydrogens is 106 g/mol. The lowest BCUT2D eigenvalue weighted by atomic mass is 10.5. The standard InChI is InChI=1S/C5H11NO2/c1-3-8-6-4-5(2)7/h6H,3-4H2,1-2H3. The average Bonchev–Trinajstić information content (AvgIpc) is 1.66. The molecule has 0 amide bonds. The molecule has 0 aliphatic rings. The monoisotopic (exact) mass is 117 g/mol. The molecule has 0 aromatic rings. The third-order valence-electron chi connectivity index (χ3n) is 0.568. The van der Waals surface area contributed by atoms with E-state index in [1.165, 1.54) is 6.92 Å². The van der Waals surface area contributed by atoms with Crippen LogP contribution >= 0.6 is 0 Å². The molecule has 0 saturated carbocycles. The normalized spacial score (nSPS) is 9.25. The molecular formula is C5H11NO2. The minimum Gasteiger partial charge on any atom is -0.302 e. The first kappa shape index (κ1) is 7.59. The van der Waals surface area contributed by atoms with Crippen LogP contribution in [0.15, 0.2) is 0 Å². The molecule has 0 saturated heterocycles. The SMILES string of the molecule is CCONCC(C)=O. The summed E-state index contributed by atoms with van der Waals surface area (Å²) in [5.74, 6) is 0.0819. The van der Waals surface area contributed by atoms with Crippen molar-refractivity contribution in [3.05, 3.63) is 0 Å². The van der Waals surface area contributed by atoms with Gasteiger partial charge in [0, 0.05) is 0 Å². The molecule has 0 aromatic heterocycles. The molecule has 1 N–H and O–H groups in total. The fourth-order valence-corrected chi connectivity index (χ4v) is 0.255. The lowest BCUT2D eigenvalue weighted by molar-refractivity contribution is -0.118. The molecule has 0 spiro atoms. The van der Waals surface area contributed by atoms with E-state index in [0.29, 0.717) is 13.2 Å². The first-order valence-electron chi connectivity index (χ1n) is 2.61. The zero-order chi connectivity index (χ0) is 6.41. The van der Waals surface area contributed by atoms with E-state index in [9.17, 15) is 4.79 Å². The van der Waals surface area contributed by atoms with Crippen LogP contribution in [-0.2, 0) is 9.63 Å². The molecule has 0 radical (unpaired) electrons. The van der Waals surface area contributed by atoms with Crippen LogP contribution in [0.5, 0.6) is 0 Å². The highest BCUT2D eigenvalue weighted by atomic mass is 16.6. The molecule has 0 heterocycles. The number of nitrogens with one attached hydrogen (secondary N) is 1. The summed E-state index contributed by atoms with van der Waals surface area (Å²) in [6.07, 6.45) is 0. The molecule has 8 heavy (non-hydrogen) atoms. The summed E-state index contributed by atoms with van der Waals surface area (Å²) in [5, 5.41) is 0. The highest BCUT2D eigenvalue weighted by Crippen LogP contribution is 1.65. The van der Waals surface area contributed by atoms with Gasteiger partial charge >= 0.3 is 0 Å². The Labute approximate surface area is 49.0 Å². The van der Waals surface area contributed by atoms with E-state index in [1.807, 2.05) is 6.92 Å². The molecule has 0 unspecified atom stereocenters. The Morgan fingerprint density at radius 3 is 2.75 bits per heavy atom. The van der Waals surface area contributed by atoms with E-state index in [4.69, 9.17) is 0 Å². The van der Waals surface area contributed by atoms with Crippen molar-refractivity contribution in [2.24, 2.45) is 0 Å². The highest BCUT2D eigenvalue weighted by Gasteiger charge is 1.87. The lowest BCUT2D eigenvalue weighted by Gasteiger charge is -1.97. The Kier molecular flexibility index (Phi) is 4.50. The predicted octanol–water partition coefficient (Wildman–Crippen LogP) is 0.116. The van der Waals surface area contributed by atoms with Crippen LogP contribution in [-0.4, -0.2) is 18.9 Å². The fourth-order valence-electron chi connectivity index (χ4n) is 0.255. The summed E-state index contributed by atoms with van der Waals surface area (Å²) in [7, 11) is 0. The number of rotatable bonds is 4. The number of hydroxylamine groups is 1. The van der Waals surface area contributed by atoms with Gasteiger partial charge in [-0.05, 0) is 13.8 Å². The van der Waals surface area contributed by atoms with E-state index < -0.39 is 0 Å². The number of hydrogen-bond acceptors (Lipinski definition) is 3. The minimum atomic E-state index is 0.0819. The van der Waals surface area contributed by atoms with Crippen LogP contribution in [0.1, 0.15) is 13.8 Å². The highest BCUT2D eigenvalue weighted by molar-refractivity contribution is 5.77. The summed E-state index contributed by atoms with van der Waals surface area (Å²) in [6.45, 7) is 4.25. The largest absolute Gasteiger partial charge is 0.302 e. The summed E-state index contributed by atoms with van der Waals surface area (Å²) >= 11 is 0. The van der Waals surface area contributed by atoms with Gasteiger partial charge in [0.1, 0.15) is 5.78 Å². The van der Waals surface area contributed by atoms with Gasteiger partial charge in [-0.15, -0.1) is 0 Å². The zero-order valence-electron chi connectivity index (χ0n) is 5.23. The van der Waals surface area contributed by atoms with Gasteiger partial charge in [0.05, 0.1) is 13.2 Å². The molecule has 3 nitrogen and oxygen atoms in total. The molecule has 3 heteroatoms. The Morgan fingerprint density at radius 1 is 1.75 bits per heavy atom. The van der Waals surface area contributed by atoms with E-state index in [-0.39, 0.29) is 5.78 Å². The van der Waals surface area contributed by atoms with Crippen LogP contribution in [0.25, 0.3) is 0 Å². The quantitative estimate of drug-likeness (QED) is 0.419. The lowest BCUT2D eigenvalue weighted by Crippen LogP contribution is -2.20. The van der Waals surface area contributed by atoms with Gasteiger partial charge in [-0.2, -0.15) is 5.48 Å². The van der Waals surface area contributed by atoms with Gasteiger partial charge in [0.25, 0.3) is 0 Å². The van der Waals surface area contributed by atoms with E-state index >= 15 is 0 Å². The maximum atomic E-state index is 10.2. The Balaban J connectivity index is 2.82. The summed E-state index contributed by atoms with van der Waals surface area (Å²) in [5.41, 5.74) is 2.48. The van der Waals surface area contributed by atoms with Gasteiger partial charge in [0.15, 0.2) is 0 Å². The van der Waals surface area contributed by atoms with Crippen LogP contribution in [0, 0.1) is 0 Å². The van der Waals surface area contributed by atoms with Crippen molar-refractivity contribution in [1.82, 2.24) is 5.48 Å². The van der Waals surface area contributed by atoms with Crippen molar-refractivity contribution in [2.45, 2.75) is 13.8 Å². The second-order valence-corrected chi connectivity index (χ2v) is 1.46. The first-order valence-corrected chi connectivity index (χ1v) is 2.61.